The first-order chi connectivity index (χ1) is 9.17. The molecule has 1 atom stereocenters. The van der Waals surface area contributed by atoms with Gasteiger partial charge < -0.3 is 14.6 Å². The second-order valence-corrected chi connectivity index (χ2v) is 4.11. The van der Waals surface area contributed by atoms with Gasteiger partial charge in [-0.15, -0.1) is 6.58 Å². The number of ether oxygens (including phenoxy) is 2. The standard InChI is InChI=1S/C15H20O4/c1-3-5-10-18-15(17)11-19-13-8-6-12(7-9-13)14(16)4-2/h4,6-9,14,16H,2-3,5,10-11H2,1H3. The number of aliphatic hydroxyl groups excluding tert-OH is 1. The van der Waals surface area contributed by atoms with Crippen LogP contribution in [0.1, 0.15) is 31.4 Å². The van der Waals surface area contributed by atoms with Gasteiger partial charge in [0.25, 0.3) is 0 Å². The number of rotatable bonds is 8. The summed E-state index contributed by atoms with van der Waals surface area (Å²) in [5.74, 6) is 0.191. The highest BCUT2D eigenvalue weighted by Crippen LogP contribution is 2.18. The van der Waals surface area contributed by atoms with Gasteiger partial charge in [0.1, 0.15) is 5.75 Å². The SMILES string of the molecule is C=CC(O)c1ccc(OCC(=O)OCCCC)cc1. The monoisotopic (exact) mass is 264 g/mol. The Kier molecular flexibility index (Phi) is 6.68. The minimum Gasteiger partial charge on any atom is -0.482 e. The van der Waals surface area contributed by atoms with Crippen LogP contribution < -0.4 is 4.74 Å². The van der Waals surface area contributed by atoms with Gasteiger partial charge in [-0.05, 0) is 24.1 Å². The van der Waals surface area contributed by atoms with E-state index < -0.39 is 6.10 Å². The zero-order chi connectivity index (χ0) is 14.1. The van der Waals surface area contributed by atoms with Crippen molar-refractivity contribution in [2.45, 2.75) is 25.9 Å². The predicted molar refractivity (Wildman–Crippen MR) is 73.0 cm³/mol. The molecule has 1 unspecified atom stereocenters. The van der Waals surface area contributed by atoms with Gasteiger partial charge in [-0.2, -0.15) is 0 Å². The van der Waals surface area contributed by atoms with Gasteiger partial charge in [-0.1, -0.05) is 31.6 Å². The molecule has 1 rings (SSSR count). The molecule has 0 aliphatic heterocycles. The summed E-state index contributed by atoms with van der Waals surface area (Å²) in [7, 11) is 0. The lowest BCUT2D eigenvalue weighted by atomic mass is 10.1. The maximum absolute atomic E-state index is 11.3. The van der Waals surface area contributed by atoms with Crippen molar-refractivity contribution in [1.82, 2.24) is 0 Å². The van der Waals surface area contributed by atoms with Crippen LogP contribution in [0, 0.1) is 0 Å². The summed E-state index contributed by atoms with van der Waals surface area (Å²) in [5.41, 5.74) is 0.730. The Balaban J connectivity index is 2.37. The Labute approximate surface area is 113 Å². The van der Waals surface area contributed by atoms with Crippen LogP contribution in [0.2, 0.25) is 0 Å². The van der Waals surface area contributed by atoms with Crippen LogP contribution in [0.4, 0.5) is 0 Å². The second-order valence-electron chi connectivity index (χ2n) is 4.11. The summed E-state index contributed by atoms with van der Waals surface area (Å²) in [6.45, 7) is 5.87. The molecule has 0 saturated heterocycles. The highest BCUT2D eigenvalue weighted by Gasteiger charge is 2.05. The average Bonchev–Trinajstić information content (AvgIpc) is 2.45. The van der Waals surface area contributed by atoms with E-state index in [0.29, 0.717) is 12.4 Å². The summed E-state index contributed by atoms with van der Waals surface area (Å²) in [6.07, 6.45) is 2.61. The molecule has 104 valence electrons. The van der Waals surface area contributed by atoms with Crippen molar-refractivity contribution in [3.8, 4) is 5.75 Å². The molecule has 4 heteroatoms. The number of carbonyl (C=O) groups excluding carboxylic acids is 1. The molecule has 0 fully saturated rings. The molecule has 0 bridgehead atoms. The molecule has 4 nitrogen and oxygen atoms in total. The molecule has 0 amide bonds. The first kappa shape index (κ1) is 15.2. The second kappa shape index (κ2) is 8.32. The third-order valence-electron chi connectivity index (χ3n) is 2.56. The topological polar surface area (TPSA) is 55.8 Å². The zero-order valence-corrected chi connectivity index (χ0v) is 11.2. The van der Waals surface area contributed by atoms with Crippen LogP contribution >= 0.6 is 0 Å². The lowest BCUT2D eigenvalue weighted by Gasteiger charge is -2.09. The van der Waals surface area contributed by atoms with Crippen LogP contribution in [0.25, 0.3) is 0 Å². The number of hydrogen-bond donors (Lipinski definition) is 1. The van der Waals surface area contributed by atoms with Crippen molar-refractivity contribution < 1.29 is 19.4 Å². The Bertz CT molecular complexity index is 397. The lowest BCUT2D eigenvalue weighted by molar-refractivity contribution is -0.146. The molecule has 1 aromatic rings. The summed E-state index contributed by atoms with van der Waals surface area (Å²) in [6, 6.07) is 6.84. The van der Waals surface area contributed by atoms with E-state index in [1.54, 1.807) is 24.3 Å². The van der Waals surface area contributed by atoms with Crippen LogP contribution in [0.5, 0.6) is 5.75 Å². The Morgan fingerprint density at radius 1 is 1.42 bits per heavy atom. The number of esters is 1. The van der Waals surface area contributed by atoms with Gasteiger partial charge in [-0.3, -0.25) is 0 Å². The summed E-state index contributed by atoms with van der Waals surface area (Å²) < 4.78 is 10.3. The molecular formula is C15H20O4. The quantitative estimate of drug-likeness (QED) is 0.445. The van der Waals surface area contributed by atoms with Crippen molar-refractivity contribution in [2.75, 3.05) is 13.2 Å². The maximum atomic E-state index is 11.3. The van der Waals surface area contributed by atoms with Crippen molar-refractivity contribution in [3.05, 3.63) is 42.5 Å². The van der Waals surface area contributed by atoms with E-state index in [1.165, 1.54) is 6.08 Å². The molecule has 1 aromatic carbocycles. The van der Waals surface area contributed by atoms with E-state index in [2.05, 4.69) is 6.58 Å². The van der Waals surface area contributed by atoms with Gasteiger partial charge >= 0.3 is 5.97 Å². The van der Waals surface area contributed by atoms with E-state index in [9.17, 15) is 9.90 Å². The van der Waals surface area contributed by atoms with Crippen molar-refractivity contribution in [2.24, 2.45) is 0 Å². The Morgan fingerprint density at radius 3 is 2.68 bits per heavy atom. The largest absolute Gasteiger partial charge is 0.482 e. The minimum atomic E-state index is -0.687. The van der Waals surface area contributed by atoms with Crippen molar-refractivity contribution >= 4 is 5.97 Å². The van der Waals surface area contributed by atoms with Crippen molar-refractivity contribution in [3.63, 3.8) is 0 Å². The van der Waals surface area contributed by atoms with E-state index in [1.807, 2.05) is 6.92 Å². The molecule has 0 radical (unpaired) electrons. The molecule has 0 aromatic heterocycles. The van der Waals surface area contributed by atoms with Gasteiger partial charge in [0.05, 0.1) is 12.7 Å². The number of aliphatic hydroxyl groups is 1. The molecule has 0 saturated carbocycles. The van der Waals surface area contributed by atoms with Gasteiger partial charge in [0, 0.05) is 0 Å². The summed E-state index contributed by atoms with van der Waals surface area (Å²) in [5, 5.41) is 9.53. The normalized spacial score (nSPS) is 11.7. The number of benzene rings is 1. The van der Waals surface area contributed by atoms with Crippen molar-refractivity contribution in [1.29, 1.82) is 0 Å². The van der Waals surface area contributed by atoms with Crippen LogP contribution in [0.3, 0.4) is 0 Å². The van der Waals surface area contributed by atoms with Crippen LogP contribution in [-0.4, -0.2) is 24.3 Å². The Hall–Kier alpha value is -1.81. The first-order valence-electron chi connectivity index (χ1n) is 6.36. The van der Waals surface area contributed by atoms with Gasteiger partial charge in [0.2, 0.25) is 0 Å². The summed E-state index contributed by atoms with van der Waals surface area (Å²) >= 11 is 0. The molecule has 0 aliphatic carbocycles. The molecule has 1 N–H and O–H groups in total. The third kappa shape index (κ3) is 5.57. The van der Waals surface area contributed by atoms with Crippen LogP contribution in [-0.2, 0) is 9.53 Å². The van der Waals surface area contributed by atoms with E-state index in [0.717, 1.165) is 18.4 Å². The molecule has 0 heterocycles. The van der Waals surface area contributed by atoms with Gasteiger partial charge in [-0.25, -0.2) is 4.79 Å². The van der Waals surface area contributed by atoms with Crippen LogP contribution in [0.15, 0.2) is 36.9 Å². The number of hydrogen-bond acceptors (Lipinski definition) is 4. The van der Waals surface area contributed by atoms with E-state index in [4.69, 9.17) is 9.47 Å². The summed E-state index contributed by atoms with van der Waals surface area (Å²) in [4.78, 5) is 11.3. The Morgan fingerprint density at radius 2 is 2.11 bits per heavy atom. The molecule has 0 spiro atoms. The molecule has 0 aliphatic rings. The smallest absolute Gasteiger partial charge is 0.344 e. The minimum absolute atomic E-state index is 0.104. The fraction of sp³-hybridized carbons (Fsp3) is 0.400. The first-order valence-corrected chi connectivity index (χ1v) is 6.36. The van der Waals surface area contributed by atoms with Gasteiger partial charge in [0.15, 0.2) is 6.61 Å². The molecular weight excluding hydrogens is 244 g/mol. The van der Waals surface area contributed by atoms with E-state index in [-0.39, 0.29) is 12.6 Å². The average molecular weight is 264 g/mol. The highest BCUT2D eigenvalue weighted by molar-refractivity contribution is 5.71. The molecule has 19 heavy (non-hydrogen) atoms. The highest BCUT2D eigenvalue weighted by atomic mass is 16.6. The number of carbonyl (C=O) groups is 1. The van der Waals surface area contributed by atoms with E-state index >= 15 is 0 Å². The fourth-order valence-corrected chi connectivity index (χ4v) is 1.41. The third-order valence-corrected chi connectivity index (χ3v) is 2.56. The predicted octanol–water partition coefficient (Wildman–Crippen LogP) is 2.63. The maximum Gasteiger partial charge on any atom is 0.344 e. The zero-order valence-electron chi connectivity index (χ0n) is 11.2. The lowest BCUT2D eigenvalue weighted by Crippen LogP contribution is -2.15. The fourth-order valence-electron chi connectivity index (χ4n) is 1.41. The number of unbranched alkanes of at least 4 members (excludes halogenated alkanes) is 1.